The highest BCUT2D eigenvalue weighted by Gasteiger charge is 2.28. The molecular formula is C21H25FN6O. The molecule has 152 valence electrons. The number of nitrogens with two attached hydrogens (primary N) is 1. The van der Waals surface area contributed by atoms with Gasteiger partial charge in [-0.3, -0.25) is 4.79 Å². The molecule has 29 heavy (non-hydrogen) atoms. The Morgan fingerprint density at radius 1 is 1.21 bits per heavy atom. The van der Waals surface area contributed by atoms with Gasteiger partial charge in [0.05, 0.1) is 29.0 Å². The first kappa shape index (κ1) is 21.8. The van der Waals surface area contributed by atoms with Gasteiger partial charge in [-0.25, -0.2) is 18.9 Å². The molecule has 1 fully saturated rings. The summed E-state index contributed by atoms with van der Waals surface area (Å²) < 4.78 is 15.7. The zero-order valence-electron chi connectivity index (χ0n) is 16.5. The fraction of sp³-hybridized carbons (Fsp3) is 0.333. The Kier molecular flexibility index (Phi) is 7.66. The van der Waals surface area contributed by atoms with E-state index in [2.05, 4.69) is 33.2 Å². The highest BCUT2D eigenvalue weighted by molar-refractivity contribution is 6.02. The summed E-state index contributed by atoms with van der Waals surface area (Å²) in [6.07, 6.45) is 17.2. The summed E-state index contributed by atoms with van der Waals surface area (Å²) in [5.74, 6) is -0.600. The summed E-state index contributed by atoms with van der Waals surface area (Å²) >= 11 is 0. The minimum absolute atomic E-state index is 0.251. The second-order valence-corrected chi connectivity index (χ2v) is 6.18. The van der Waals surface area contributed by atoms with Crippen molar-refractivity contribution in [2.45, 2.75) is 45.3 Å². The average molecular weight is 396 g/mol. The van der Waals surface area contributed by atoms with Gasteiger partial charge >= 0.3 is 0 Å². The number of aromatic nitrogens is 4. The molecule has 0 bridgehead atoms. The van der Waals surface area contributed by atoms with Gasteiger partial charge < -0.3 is 11.1 Å². The predicted molar refractivity (Wildman–Crippen MR) is 112 cm³/mol. The van der Waals surface area contributed by atoms with E-state index in [-0.39, 0.29) is 11.6 Å². The third kappa shape index (κ3) is 4.69. The Balaban J connectivity index is 0.000000707. The molecule has 1 aliphatic carbocycles. The normalized spacial score (nSPS) is 17.6. The monoisotopic (exact) mass is 396 g/mol. The SMILES string of the molecule is C#C.CC.NC(=O)c1cnn2cc(-c3cncnc3)cc2c1N[C@@H]1CCC[C@@H]1F. The Bertz CT molecular complexity index is 969. The predicted octanol–water partition coefficient (Wildman–Crippen LogP) is 3.47. The lowest BCUT2D eigenvalue weighted by molar-refractivity contribution is 0.100. The zero-order chi connectivity index (χ0) is 21.4. The summed E-state index contributed by atoms with van der Waals surface area (Å²) in [7, 11) is 0. The molecule has 1 saturated carbocycles. The van der Waals surface area contributed by atoms with Crippen LogP contribution in [-0.2, 0) is 0 Å². The van der Waals surface area contributed by atoms with Crippen LogP contribution in [0.25, 0.3) is 16.6 Å². The van der Waals surface area contributed by atoms with Crippen molar-refractivity contribution in [2.24, 2.45) is 5.73 Å². The molecule has 3 heterocycles. The summed E-state index contributed by atoms with van der Waals surface area (Å²) in [5, 5.41) is 7.42. The Morgan fingerprint density at radius 3 is 2.48 bits per heavy atom. The number of hydrogen-bond acceptors (Lipinski definition) is 5. The van der Waals surface area contributed by atoms with E-state index in [1.54, 1.807) is 16.9 Å². The number of primary amides is 1. The highest BCUT2D eigenvalue weighted by atomic mass is 19.1. The Hall–Kier alpha value is -3.47. The number of terminal acetylenes is 1. The van der Waals surface area contributed by atoms with Gasteiger partial charge in [-0.15, -0.1) is 12.8 Å². The van der Waals surface area contributed by atoms with Crippen LogP contribution in [0.4, 0.5) is 10.1 Å². The van der Waals surface area contributed by atoms with Crippen molar-refractivity contribution in [3.63, 3.8) is 0 Å². The lowest BCUT2D eigenvalue weighted by Gasteiger charge is -2.19. The summed E-state index contributed by atoms with van der Waals surface area (Å²) in [5.41, 5.74) is 8.59. The Labute approximate surface area is 169 Å². The van der Waals surface area contributed by atoms with Crippen LogP contribution in [0.1, 0.15) is 43.5 Å². The van der Waals surface area contributed by atoms with Gasteiger partial charge in [0.2, 0.25) is 0 Å². The molecule has 3 aromatic heterocycles. The smallest absolute Gasteiger partial charge is 0.252 e. The van der Waals surface area contributed by atoms with Crippen LogP contribution in [0.3, 0.4) is 0 Å². The minimum Gasteiger partial charge on any atom is -0.377 e. The van der Waals surface area contributed by atoms with E-state index in [0.29, 0.717) is 24.0 Å². The summed E-state index contributed by atoms with van der Waals surface area (Å²) in [6, 6.07) is 1.53. The maximum absolute atomic E-state index is 14.1. The molecule has 8 heteroatoms. The largest absolute Gasteiger partial charge is 0.377 e. The number of carbonyl (C=O) groups is 1. The number of fused-ring (bicyclic) bond motifs is 1. The molecule has 7 nitrogen and oxygen atoms in total. The lowest BCUT2D eigenvalue weighted by atomic mass is 10.1. The Morgan fingerprint density at radius 2 is 1.90 bits per heavy atom. The van der Waals surface area contributed by atoms with E-state index in [9.17, 15) is 9.18 Å². The number of nitrogens with zero attached hydrogens (tertiary/aromatic N) is 4. The maximum Gasteiger partial charge on any atom is 0.252 e. The van der Waals surface area contributed by atoms with E-state index < -0.39 is 12.1 Å². The van der Waals surface area contributed by atoms with Crippen molar-refractivity contribution in [2.75, 3.05) is 5.32 Å². The first-order chi connectivity index (χ1) is 14.1. The van der Waals surface area contributed by atoms with Crippen molar-refractivity contribution in [3.05, 3.63) is 42.7 Å². The standard InChI is InChI=1S/C17H17FN6O.C2H6.C2H2/c18-13-2-1-3-14(13)23-16-12(17(19)25)7-22-24-8-10(4-15(16)24)11-5-20-9-21-6-11;2*1-2/h4-9,13-14,23H,1-3H2,(H2,19,25);1-2H3;1-2H/t13-,14+;;/m0../s1. The molecule has 0 spiro atoms. The minimum atomic E-state index is -0.939. The number of hydrogen-bond donors (Lipinski definition) is 2. The molecule has 0 radical (unpaired) electrons. The molecule has 3 aromatic rings. The van der Waals surface area contributed by atoms with Crippen LogP contribution in [0.5, 0.6) is 0 Å². The summed E-state index contributed by atoms with van der Waals surface area (Å²) in [6.45, 7) is 4.00. The van der Waals surface area contributed by atoms with E-state index in [4.69, 9.17) is 5.73 Å². The van der Waals surface area contributed by atoms with Crippen LogP contribution in [0, 0.1) is 12.8 Å². The van der Waals surface area contributed by atoms with E-state index in [0.717, 1.165) is 17.5 Å². The number of amides is 1. The number of rotatable bonds is 4. The van der Waals surface area contributed by atoms with Crippen LogP contribution in [-0.4, -0.2) is 37.7 Å². The van der Waals surface area contributed by atoms with E-state index >= 15 is 0 Å². The lowest BCUT2D eigenvalue weighted by Crippen LogP contribution is -2.27. The van der Waals surface area contributed by atoms with Crippen molar-refractivity contribution in [1.82, 2.24) is 19.6 Å². The summed E-state index contributed by atoms with van der Waals surface area (Å²) in [4.78, 5) is 19.8. The van der Waals surface area contributed by atoms with Gasteiger partial charge in [0.1, 0.15) is 12.5 Å². The second kappa shape index (κ2) is 10.2. The fourth-order valence-electron chi connectivity index (χ4n) is 3.26. The van der Waals surface area contributed by atoms with Crippen molar-refractivity contribution < 1.29 is 9.18 Å². The molecule has 2 atom stereocenters. The topological polar surface area (TPSA) is 98.2 Å². The van der Waals surface area contributed by atoms with Crippen LogP contribution in [0.2, 0.25) is 0 Å². The molecule has 0 aliphatic heterocycles. The van der Waals surface area contributed by atoms with Crippen molar-refractivity contribution >= 4 is 17.1 Å². The maximum atomic E-state index is 14.1. The second-order valence-electron chi connectivity index (χ2n) is 6.18. The molecule has 0 aromatic carbocycles. The molecule has 3 N–H and O–H groups in total. The van der Waals surface area contributed by atoms with Gasteiger partial charge in [0.25, 0.3) is 5.91 Å². The third-order valence-electron chi connectivity index (χ3n) is 4.56. The molecule has 4 rings (SSSR count). The molecular weight excluding hydrogens is 371 g/mol. The molecule has 1 aliphatic rings. The van der Waals surface area contributed by atoms with Crippen LogP contribution < -0.4 is 11.1 Å². The first-order valence-electron chi connectivity index (χ1n) is 9.44. The highest BCUT2D eigenvalue weighted by Crippen LogP contribution is 2.31. The molecule has 0 saturated heterocycles. The van der Waals surface area contributed by atoms with Gasteiger partial charge in [-0.1, -0.05) is 13.8 Å². The first-order valence-corrected chi connectivity index (χ1v) is 9.44. The van der Waals surface area contributed by atoms with E-state index in [1.807, 2.05) is 26.1 Å². The third-order valence-corrected chi connectivity index (χ3v) is 4.56. The number of carbonyl (C=O) groups excluding carboxylic acids is 1. The zero-order valence-corrected chi connectivity index (χ0v) is 16.5. The average Bonchev–Trinajstić information content (AvgIpc) is 3.38. The molecule has 0 unspecified atom stereocenters. The van der Waals surface area contributed by atoms with Gasteiger partial charge in [-0.2, -0.15) is 5.10 Å². The van der Waals surface area contributed by atoms with Gasteiger partial charge in [0, 0.05) is 29.7 Å². The fourth-order valence-corrected chi connectivity index (χ4v) is 3.26. The van der Waals surface area contributed by atoms with Gasteiger partial charge in [-0.05, 0) is 25.3 Å². The number of nitrogens with one attached hydrogen (secondary N) is 1. The number of alkyl halides is 1. The van der Waals surface area contributed by atoms with Crippen molar-refractivity contribution in [1.29, 1.82) is 0 Å². The van der Waals surface area contributed by atoms with Gasteiger partial charge in [0.15, 0.2) is 0 Å². The molecule has 1 amide bonds. The quantitative estimate of drug-likeness (QED) is 0.658. The number of anilines is 1. The van der Waals surface area contributed by atoms with Crippen LogP contribution >= 0.6 is 0 Å². The number of halogens is 1. The van der Waals surface area contributed by atoms with Crippen molar-refractivity contribution in [3.8, 4) is 24.0 Å². The van der Waals surface area contributed by atoms with Crippen LogP contribution in [0.15, 0.2) is 37.2 Å². The van der Waals surface area contributed by atoms with E-state index in [1.165, 1.54) is 12.5 Å².